The van der Waals surface area contributed by atoms with Crippen molar-refractivity contribution in [3.05, 3.63) is 66.9 Å². The molecule has 0 aliphatic carbocycles. The molecule has 2 aromatic carbocycles. The fourth-order valence-electron chi connectivity index (χ4n) is 2.60. The van der Waals surface area contributed by atoms with Crippen molar-refractivity contribution in [3.8, 4) is 0 Å². The lowest BCUT2D eigenvalue weighted by molar-refractivity contribution is -0.682. The Hall–Kier alpha value is -2.22. The molecule has 6 nitrogen and oxygen atoms in total. The topological polar surface area (TPSA) is 88.9 Å². The zero-order chi connectivity index (χ0) is 20.3. The van der Waals surface area contributed by atoms with Crippen molar-refractivity contribution in [1.29, 1.82) is 0 Å². The van der Waals surface area contributed by atoms with E-state index in [1.807, 2.05) is 0 Å². The number of carbonyl (C=O) groups excluding carboxylic acids is 1. The predicted molar refractivity (Wildman–Crippen MR) is 103 cm³/mol. The van der Waals surface area contributed by atoms with Crippen molar-refractivity contribution in [3.63, 3.8) is 0 Å². The quantitative estimate of drug-likeness (QED) is 0.426. The number of hydrogen-bond acceptors (Lipinski definition) is 3. The van der Waals surface area contributed by atoms with E-state index >= 15 is 0 Å². The van der Waals surface area contributed by atoms with E-state index in [0.29, 0.717) is 16.1 Å². The number of nitro benzene ring substituents is 1. The highest BCUT2D eigenvalue weighted by atomic mass is 35.5. The van der Waals surface area contributed by atoms with Crippen LogP contribution in [-0.4, -0.2) is 17.4 Å². The molecule has 0 aromatic heterocycles. The third-order valence-corrected chi connectivity index (χ3v) is 4.98. The molecule has 0 fully saturated rings. The number of aryl methyl sites for hydroxylation is 1. The van der Waals surface area contributed by atoms with Crippen LogP contribution in [0.5, 0.6) is 0 Å². The third-order valence-electron chi connectivity index (χ3n) is 4.36. The highest BCUT2D eigenvalue weighted by Crippen LogP contribution is 2.30. The number of nitrogens with two attached hydrogens (primary N) is 1. The van der Waals surface area contributed by atoms with Crippen LogP contribution in [0.15, 0.2) is 24.3 Å². The molecular formula is C18H19Cl2FN3O3+. The zero-order valence-corrected chi connectivity index (χ0v) is 16.5. The number of carbonyl (C=O) groups is 1. The molecule has 0 aliphatic heterocycles. The summed E-state index contributed by atoms with van der Waals surface area (Å²) in [5, 5.41) is 15.7. The summed E-state index contributed by atoms with van der Waals surface area (Å²) in [6, 6.07) is 5.23. The van der Waals surface area contributed by atoms with Crippen molar-refractivity contribution in [1.82, 2.24) is 0 Å². The van der Waals surface area contributed by atoms with Crippen LogP contribution < -0.4 is 10.6 Å². The van der Waals surface area contributed by atoms with E-state index in [1.54, 1.807) is 32.2 Å². The van der Waals surface area contributed by atoms with Gasteiger partial charge < -0.3 is 10.6 Å². The first-order valence-electron chi connectivity index (χ1n) is 8.14. The van der Waals surface area contributed by atoms with Crippen LogP contribution in [0, 0.1) is 29.8 Å². The monoisotopic (exact) mass is 414 g/mol. The third kappa shape index (κ3) is 4.94. The Morgan fingerprint density at radius 1 is 1.30 bits per heavy atom. The van der Waals surface area contributed by atoms with Crippen molar-refractivity contribution in [2.45, 2.75) is 26.8 Å². The maximum absolute atomic E-state index is 13.7. The Morgan fingerprint density at radius 3 is 2.59 bits per heavy atom. The molecule has 0 unspecified atom stereocenters. The summed E-state index contributed by atoms with van der Waals surface area (Å²) in [5.41, 5.74) is 1.98. The van der Waals surface area contributed by atoms with Crippen LogP contribution in [-0.2, 0) is 4.79 Å². The first-order chi connectivity index (χ1) is 12.6. The minimum Gasteiger partial charge on any atom is -0.332 e. The number of nitro groups is 1. The van der Waals surface area contributed by atoms with Gasteiger partial charge in [-0.1, -0.05) is 29.3 Å². The summed E-state index contributed by atoms with van der Waals surface area (Å²) in [4.78, 5) is 23.0. The van der Waals surface area contributed by atoms with E-state index in [9.17, 15) is 19.3 Å². The fourth-order valence-corrected chi connectivity index (χ4v) is 3.15. The van der Waals surface area contributed by atoms with Gasteiger partial charge in [0.2, 0.25) is 0 Å². The van der Waals surface area contributed by atoms with Gasteiger partial charge in [-0.3, -0.25) is 14.9 Å². The van der Waals surface area contributed by atoms with Gasteiger partial charge in [0.25, 0.3) is 11.6 Å². The lowest BCUT2D eigenvalue weighted by atomic mass is 10.1. The van der Waals surface area contributed by atoms with Gasteiger partial charge >= 0.3 is 0 Å². The zero-order valence-electron chi connectivity index (χ0n) is 15.0. The predicted octanol–water partition coefficient (Wildman–Crippen LogP) is 3.92. The molecule has 2 rings (SSSR count). The summed E-state index contributed by atoms with van der Waals surface area (Å²) >= 11 is 11.8. The number of hydrogen-bond donors (Lipinski definition) is 2. The summed E-state index contributed by atoms with van der Waals surface area (Å²) in [7, 11) is 0. The van der Waals surface area contributed by atoms with Crippen LogP contribution in [0.3, 0.4) is 0 Å². The lowest BCUT2D eigenvalue weighted by Crippen LogP contribution is -2.86. The van der Waals surface area contributed by atoms with Crippen LogP contribution in [0.2, 0.25) is 10.0 Å². The van der Waals surface area contributed by atoms with Crippen molar-refractivity contribution >= 4 is 40.5 Å². The van der Waals surface area contributed by atoms with E-state index in [1.165, 1.54) is 18.2 Å². The first kappa shape index (κ1) is 21.1. The molecule has 0 aliphatic rings. The molecule has 144 valence electrons. The minimum absolute atomic E-state index is 0.0216. The summed E-state index contributed by atoms with van der Waals surface area (Å²) in [6.07, 6.45) is 0. The maximum Gasteiger partial charge on any atom is 0.293 e. The molecule has 27 heavy (non-hydrogen) atoms. The molecule has 1 atom stereocenters. The van der Waals surface area contributed by atoms with Crippen LogP contribution in [0.25, 0.3) is 0 Å². The Balaban J connectivity index is 2.10. The Bertz CT molecular complexity index is 906. The fraction of sp³-hybridized carbons (Fsp3) is 0.278. The molecule has 3 N–H and O–H groups in total. The van der Waals surface area contributed by atoms with Gasteiger partial charge in [0.15, 0.2) is 6.54 Å². The van der Waals surface area contributed by atoms with Crippen molar-refractivity contribution < 1.29 is 19.4 Å². The molecule has 0 bridgehead atoms. The molecule has 0 saturated heterocycles. The van der Waals surface area contributed by atoms with Gasteiger partial charge in [-0.15, -0.1) is 0 Å². The summed E-state index contributed by atoms with van der Waals surface area (Å²) in [5.74, 6) is -1.00. The molecule has 2 aromatic rings. The number of benzene rings is 2. The van der Waals surface area contributed by atoms with E-state index in [4.69, 9.17) is 23.2 Å². The van der Waals surface area contributed by atoms with Gasteiger partial charge in [0.05, 0.1) is 15.0 Å². The molecule has 9 heteroatoms. The second-order valence-corrected chi connectivity index (χ2v) is 7.04. The number of quaternary nitrogens is 1. The minimum atomic E-state index is -0.591. The smallest absolute Gasteiger partial charge is 0.293 e. The molecule has 0 spiro atoms. The lowest BCUT2D eigenvalue weighted by Gasteiger charge is -2.14. The second kappa shape index (κ2) is 8.65. The van der Waals surface area contributed by atoms with Crippen molar-refractivity contribution in [2.75, 3.05) is 11.9 Å². The van der Waals surface area contributed by atoms with E-state index < -0.39 is 16.6 Å². The van der Waals surface area contributed by atoms with Crippen LogP contribution in [0.1, 0.15) is 29.7 Å². The SMILES string of the molecule is Cc1ccc([N+](=O)[O-])c(NC(=O)C[NH2+][C@@H](C)c2cc(F)c(Cl)cc2Cl)c1C. The number of halogens is 3. The standard InChI is InChI=1S/C18H18Cl2FN3O3/c1-9-4-5-16(24(26)27)18(10(9)2)23-17(25)8-22-11(3)12-6-15(21)14(20)7-13(12)19/h4-7,11,22H,8H2,1-3H3,(H,23,25)/p+1/t11-/m0/s1. The van der Waals surface area contributed by atoms with Gasteiger partial charge in [-0.2, -0.15) is 0 Å². The highest BCUT2D eigenvalue weighted by molar-refractivity contribution is 6.35. The summed E-state index contributed by atoms with van der Waals surface area (Å²) < 4.78 is 13.7. The Labute approximate surface area is 165 Å². The largest absolute Gasteiger partial charge is 0.332 e. The average Bonchev–Trinajstić information content (AvgIpc) is 2.59. The number of amides is 1. The Kier molecular flexibility index (Phi) is 6.75. The normalized spacial score (nSPS) is 11.9. The number of nitrogens with zero attached hydrogens (tertiary/aromatic N) is 1. The second-order valence-electron chi connectivity index (χ2n) is 6.22. The summed E-state index contributed by atoms with van der Waals surface area (Å²) in [6.45, 7) is 5.26. The number of rotatable bonds is 6. The van der Waals surface area contributed by atoms with Crippen LogP contribution in [0.4, 0.5) is 15.8 Å². The van der Waals surface area contributed by atoms with Gasteiger partial charge in [0, 0.05) is 11.6 Å². The van der Waals surface area contributed by atoms with Gasteiger partial charge in [-0.05, 0) is 44.0 Å². The van der Waals surface area contributed by atoms with Gasteiger partial charge in [-0.25, -0.2) is 4.39 Å². The first-order valence-corrected chi connectivity index (χ1v) is 8.89. The molecular weight excluding hydrogens is 396 g/mol. The van der Waals surface area contributed by atoms with E-state index in [0.717, 1.165) is 5.56 Å². The highest BCUT2D eigenvalue weighted by Gasteiger charge is 2.21. The number of anilines is 1. The van der Waals surface area contributed by atoms with Crippen molar-refractivity contribution in [2.24, 2.45) is 0 Å². The molecule has 0 heterocycles. The van der Waals surface area contributed by atoms with E-state index in [2.05, 4.69) is 5.32 Å². The van der Waals surface area contributed by atoms with Crippen LogP contribution >= 0.6 is 23.2 Å². The molecule has 0 radical (unpaired) electrons. The van der Waals surface area contributed by atoms with E-state index in [-0.39, 0.29) is 29.0 Å². The maximum atomic E-state index is 13.7. The Morgan fingerprint density at radius 2 is 1.96 bits per heavy atom. The number of nitrogens with one attached hydrogen (secondary N) is 1. The van der Waals surface area contributed by atoms with Gasteiger partial charge in [0.1, 0.15) is 17.5 Å². The molecule has 1 amide bonds. The average molecular weight is 415 g/mol. The molecule has 0 saturated carbocycles.